The van der Waals surface area contributed by atoms with Crippen molar-refractivity contribution in [1.29, 1.82) is 0 Å². The zero-order chi connectivity index (χ0) is 22.6. The minimum Gasteiger partial charge on any atom is -0.495 e. The van der Waals surface area contributed by atoms with E-state index in [0.717, 1.165) is 11.3 Å². The van der Waals surface area contributed by atoms with E-state index in [9.17, 15) is 8.42 Å². The second-order valence-corrected chi connectivity index (χ2v) is 8.37. The molecule has 0 aliphatic rings. The number of ether oxygens (including phenoxy) is 3. The molecule has 1 N–H and O–H groups in total. The van der Waals surface area contributed by atoms with Crippen molar-refractivity contribution in [2.45, 2.75) is 32.6 Å². The lowest BCUT2D eigenvalue weighted by atomic mass is 10.1. The molecule has 0 bridgehead atoms. The van der Waals surface area contributed by atoms with E-state index in [-0.39, 0.29) is 16.3 Å². The van der Waals surface area contributed by atoms with E-state index >= 15 is 0 Å². The fraction of sp³-hybridized carbons (Fsp3) is 0.318. The van der Waals surface area contributed by atoms with Gasteiger partial charge < -0.3 is 18.7 Å². The molecule has 0 aliphatic carbocycles. The molecule has 9 heteroatoms. The summed E-state index contributed by atoms with van der Waals surface area (Å²) >= 11 is 0. The van der Waals surface area contributed by atoms with E-state index in [4.69, 9.17) is 18.7 Å². The van der Waals surface area contributed by atoms with Crippen LogP contribution in [0.1, 0.15) is 25.1 Å². The highest BCUT2D eigenvalue weighted by atomic mass is 32.2. The Bertz CT molecular complexity index is 1170. The SMILES string of the molecule is CCOc1ccc(OCC)c(NS(=O)(=O)c2cc(-c3onc(C)c3C)ccc2OC)c1. The number of aromatic nitrogens is 1. The molecular weight excluding hydrogens is 420 g/mol. The Labute approximate surface area is 182 Å². The Hall–Kier alpha value is -3.20. The third-order valence-corrected chi connectivity index (χ3v) is 6.07. The monoisotopic (exact) mass is 446 g/mol. The molecule has 1 heterocycles. The van der Waals surface area contributed by atoms with E-state index in [1.165, 1.54) is 13.2 Å². The van der Waals surface area contributed by atoms with Gasteiger partial charge in [0.25, 0.3) is 10.0 Å². The van der Waals surface area contributed by atoms with Crippen LogP contribution in [0.15, 0.2) is 45.8 Å². The summed E-state index contributed by atoms with van der Waals surface area (Å²) in [5.74, 6) is 1.62. The number of hydrogen-bond acceptors (Lipinski definition) is 7. The number of nitrogens with zero attached hydrogens (tertiary/aromatic N) is 1. The normalized spacial score (nSPS) is 11.3. The molecule has 1 aromatic heterocycles. The lowest BCUT2D eigenvalue weighted by Crippen LogP contribution is -2.15. The molecule has 3 aromatic rings. The van der Waals surface area contributed by atoms with Crippen molar-refractivity contribution in [3.05, 3.63) is 47.7 Å². The van der Waals surface area contributed by atoms with Crippen molar-refractivity contribution >= 4 is 15.7 Å². The fourth-order valence-corrected chi connectivity index (χ4v) is 4.30. The first kappa shape index (κ1) is 22.5. The number of benzene rings is 2. The molecule has 8 nitrogen and oxygen atoms in total. The highest BCUT2D eigenvalue weighted by Crippen LogP contribution is 2.36. The zero-order valence-corrected chi connectivity index (χ0v) is 19.0. The van der Waals surface area contributed by atoms with E-state index in [0.29, 0.717) is 36.0 Å². The minimum absolute atomic E-state index is 0.0368. The van der Waals surface area contributed by atoms with Gasteiger partial charge in [0.15, 0.2) is 5.76 Å². The lowest BCUT2D eigenvalue weighted by Gasteiger charge is -2.16. The summed E-state index contributed by atoms with van der Waals surface area (Å²) in [6.45, 7) is 8.20. The van der Waals surface area contributed by atoms with Gasteiger partial charge in [-0.15, -0.1) is 0 Å². The molecule has 166 valence electrons. The maximum Gasteiger partial charge on any atom is 0.265 e. The van der Waals surface area contributed by atoms with Crippen LogP contribution in [0.2, 0.25) is 0 Å². The first-order chi connectivity index (χ1) is 14.8. The van der Waals surface area contributed by atoms with E-state index < -0.39 is 10.0 Å². The number of anilines is 1. The van der Waals surface area contributed by atoms with E-state index in [1.807, 2.05) is 27.7 Å². The average molecular weight is 447 g/mol. The summed E-state index contributed by atoms with van der Waals surface area (Å²) in [6.07, 6.45) is 0. The molecular formula is C22H26N2O6S. The summed E-state index contributed by atoms with van der Waals surface area (Å²) in [5, 5.41) is 3.95. The van der Waals surface area contributed by atoms with Crippen LogP contribution in [0.4, 0.5) is 5.69 Å². The summed E-state index contributed by atoms with van der Waals surface area (Å²) in [7, 11) is -2.62. The predicted octanol–water partition coefficient (Wildman–Crippen LogP) is 4.57. The lowest BCUT2D eigenvalue weighted by molar-refractivity contribution is 0.332. The van der Waals surface area contributed by atoms with Crippen LogP contribution in [-0.2, 0) is 10.0 Å². The van der Waals surface area contributed by atoms with Crippen molar-refractivity contribution in [2.75, 3.05) is 25.0 Å². The van der Waals surface area contributed by atoms with Gasteiger partial charge in [0.05, 0.1) is 31.7 Å². The van der Waals surface area contributed by atoms with Gasteiger partial charge in [-0.05, 0) is 58.0 Å². The number of aryl methyl sites for hydroxylation is 1. The number of nitrogens with one attached hydrogen (secondary N) is 1. The molecule has 31 heavy (non-hydrogen) atoms. The van der Waals surface area contributed by atoms with Crippen molar-refractivity contribution < 1.29 is 27.2 Å². The van der Waals surface area contributed by atoms with Crippen LogP contribution in [0.3, 0.4) is 0 Å². The zero-order valence-electron chi connectivity index (χ0n) is 18.2. The standard InChI is InChI=1S/C22H26N2O6S/c1-6-28-17-9-11-19(29-7-2)18(13-17)24-31(25,26)21-12-16(8-10-20(21)27-5)22-14(3)15(4)23-30-22/h8-13,24H,6-7H2,1-5H3. The molecule has 3 rings (SSSR count). The predicted molar refractivity (Wildman–Crippen MR) is 118 cm³/mol. The molecule has 0 spiro atoms. The van der Waals surface area contributed by atoms with Gasteiger partial charge in [-0.3, -0.25) is 4.72 Å². The molecule has 0 atom stereocenters. The number of rotatable bonds is 9. The van der Waals surface area contributed by atoms with E-state index in [1.54, 1.807) is 30.3 Å². The highest BCUT2D eigenvalue weighted by Gasteiger charge is 2.24. The first-order valence-electron chi connectivity index (χ1n) is 9.84. The molecule has 0 amide bonds. The highest BCUT2D eigenvalue weighted by molar-refractivity contribution is 7.92. The summed E-state index contributed by atoms with van der Waals surface area (Å²) in [4.78, 5) is -0.0368. The van der Waals surface area contributed by atoms with Crippen LogP contribution >= 0.6 is 0 Å². The Morgan fingerprint density at radius 1 is 1.00 bits per heavy atom. The molecule has 0 fully saturated rings. The van der Waals surface area contributed by atoms with Gasteiger partial charge in [0.2, 0.25) is 0 Å². The fourth-order valence-electron chi connectivity index (χ4n) is 3.04. The van der Waals surface area contributed by atoms with Crippen LogP contribution in [0.5, 0.6) is 17.2 Å². The maximum absolute atomic E-state index is 13.3. The molecule has 0 saturated heterocycles. The van der Waals surface area contributed by atoms with Crippen LogP contribution in [0.25, 0.3) is 11.3 Å². The van der Waals surface area contributed by atoms with Crippen LogP contribution in [-0.4, -0.2) is 33.9 Å². The van der Waals surface area contributed by atoms with Crippen LogP contribution < -0.4 is 18.9 Å². The largest absolute Gasteiger partial charge is 0.495 e. The topological polar surface area (TPSA) is 99.9 Å². The second-order valence-electron chi connectivity index (χ2n) is 6.72. The first-order valence-corrected chi connectivity index (χ1v) is 11.3. The third kappa shape index (κ3) is 4.77. The van der Waals surface area contributed by atoms with Gasteiger partial charge in [-0.1, -0.05) is 5.16 Å². The summed E-state index contributed by atoms with van der Waals surface area (Å²) in [6, 6.07) is 9.80. The Kier molecular flexibility index (Phi) is 6.74. The smallest absolute Gasteiger partial charge is 0.265 e. The van der Waals surface area contributed by atoms with Gasteiger partial charge >= 0.3 is 0 Å². The molecule has 0 radical (unpaired) electrons. The summed E-state index contributed by atoms with van der Waals surface area (Å²) < 4.78 is 51.1. The second kappa shape index (κ2) is 9.30. The molecule has 0 saturated carbocycles. The Balaban J connectivity index is 2.06. The van der Waals surface area contributed by atoms with Gasteiger partial charge in [-0.25, -0.2) is 8.42 Å². The van der Waals surface area contributed by atoms with Crippen molar-refractivity contribution in [3.63, 3.8) is 0 Å². The van der Waals surface area contributed by atoms with Crippen molar-refractivity contribution in [1.82, 2.24) is 5.16 Å². The third-order valence-electron chi connectivity index (χ3n) is 4.68. The summed E-state index contributed by atoms with van der Waals surface area (Å²) in [5.41, 5.74) is 2.42. The average Bonchev–Trinajstić information content (AvgIpc) is 3.08. The van der Waals surface area contributed by atoms with Gasteiger partial charge in [0, 0.05) is 17.2 Å². The Morgan fingerprint density at radius 2 is 1.71 bits per heavy atom. The minimum atomic E-state index is -4.04. The number of hydrogen-bond donors (Lipinski definition) is 1. The maximum atomic E-state index is 13.3. The number of methoxy groups -OCH3 is 1. The van der Waals surface area contributed by atoms with Crippen molar-refractivity contribution in [2.24, 2.45) is 0 Å². The van der Waals surface area contributed by atoms with Crippen LogP contribution in [0, 0.1) is 13.8 Å². The molecule has 0 unspecified atom stereocenters. The molecule has 2 aromatic carbocycles. The Morgan fingerprint density at radius 3 is 2.32 bits per heavy atom. The van der Waals surface area contributed by atoms with Crippen molar-refractivity contribution in [3.8, 4) is 28.6 Å². The van der Waals surface area contributed by atoms with E-state index in [2.05, 4.69) is 9.88 Å². The quantitative estimate of drug-likeness (QED) is 0.514. The van der Waals surface area contributed by atoms with Gasteiger partial charge in [0.1, 0.15) is 22.1 Å². The number of sulfonamides is 1. The van der Waals surface area contributed by atoms with Gasteiger partial charge in [-0.2, -0.15) is 0 Å². The molecule has 0 aliphatic heterocycles.